The minimum atomic E-state index is -0.389. The molecule has 1 heterocycles. The van der Waals surface area contributed by atoms with Crippen LogP contribution >= 0.6 is 0 Å². The lowest BCUT2D eigenvalue weighted by atomic mass is 9.67. The third kappa shape index (κ3) is 3.60. The van der Waals surface area contributed by atoms with Crippen LogP contribution in [0.2, 0.25) is 0 Å². The highest BCUT2D eigenvalue weighted by atomic mass is 14.7. The molecule has 5 aromatic carbocycles. The predicted molar refractivity (Wildman–Crippen MR) is 157 cm³/mol. The summed E-state index contributed by atoms with van der Waals surface area (Å²) >= 11 is 0. The number of nitrogens with zero attached hydrogens (tertiary/aromatic N) is 2. The summed E-state index contributed by atoms with van der Waals surface area (Å²) in [7, 11) is 0. The quantitative estimate of drug-likeness (QED) is 0.244. The zero-order valence-electron chi connectivity index (χ0n) is 21.3. The molecule has 0 bridgehead atoms. The van der Waals surface area contributed by atoms with E-state index < -0.39 is 0 Å². The van der Waals surface area contributed by atoms with Crippen LogP contribution in [0.15, 0.2) is 146 Å². The SMILES string of the molecule is N#Cc1cc(-c2cccc(-c3ccc4c(c3)-c3ccccc3C4(c3ccccc3)c3ccccc3)c2)ccn1. The standard InChI is InChI=1S/C37H24N2/c38-25-32-23-29(20-21-39-32)27-11-9-10-26(22-27)28-18-19-36-34(24-28)33-16-7-8-17-35(33)37(36,30-12-3-1-4-13-30)31-14-5-2-6-15-31/h1-24H. The first kappa shape index (κ1) is 22.9. The van der Waals surface area contributed by atoms with Gasteiger partial charge in [0.1, 0.15) is 11.8 Å². The van der Waals surface area contributed by atoms with E-state index in [4.69, 9.17) is 0 Å². The molecule has 0 fully saturated rings. The number of nitriles is 1. The minimum absolute atomic E-state index is 0.389. The summed E-state index contributed by atoms with van der Waals surface area (Å²) in [5.41, 5.74) is 12.1. The number of aromatic nitrogens is 1. The third-order valence-corrected chi connectivity index (χ3v) is 7.86. The van der Waals surface area contributed by atoms with Gasteiger partial charge in [-0.2, -0.15) is 5.26 Å². The molecule has 0 saturated carbocycles. The molecule has 0 N–H and O–H groups in total. The highest BCUT2D eigenvalue weighted by molar-refractivity contribution is 5.89. The van der Waals surface area contributed by atoms with E-state index in [0.29, 0.717) is 5.69 Å². The van der Waals surface area contributed by atoms with Crippen LogP contribution in [-0.2, 0) is 5.41 Å². The van der Waals surface area contributed by atoms with Crippen molar-refractivity contribution in [1.29, 1.82) is 5.26 Å². The van der Waals surface area contributed by atoms with Gasteiger partial charge in [0.25, 0.3) is 0 Å². The fourth-order valence-corrected chi connectivity index (χ4v) is 6.18. The molecule has 2 heteroatoms. The number of pyridine rings is 1. The molecule has 0 aliphatic heterocycles. The van der Waals surface area contributed by atoms with E-state index in [1.165, 1.54) is 33.4 Å². The topological polar surface area (TPSA) is 36.7 Å². The van der Waals surface area contributed by atoms with E-state index in [0.717, 1.165) is 22.3 Å². The average molecular weight is 497 g/mol. The van der Waals surface area contributed by atoms with Gasteiger partial charge in [-0.25, -0.2) is 4.98 Å². The smallest absolute Gasteiger partial charge is 0.141 e. The Morgan fingerprint density at radius 1 is 0.487 bits per heavy atom. The fraction of sp³-hybridized carbons (Fsp3) is 0.0270. The Kier molecular flexibility index (Phi) is 5.43. The van der Waals surface area contributed by atoms with Gasteiger partial charge < -0.3 is 0 Å². The molecule has 1 aliphatic carbocycles. The van der Waals surface area contributed by atoms with Crippen LogP contribution in [0.25, 0.3) is 33.4 Å². The maximum absolute atomic E-state index is 9.31. The first-order valence-corrected chi connectivity index (χ1v) is 13.1. The number of hydrogen-bond donors (Lipinski definition) is 0. The van der Waals surface area contributed by atoms with E-state index in [1.54, 1.807) is 6.20 Å². The normalized spacial score (nSPS) is 12.8. The van der Waals surface area contributed by atoms with Crippen molar-refractivity contribution < 1.29 is 0 Å². The molecule has 1 aliphatic rings. The Labute approximate surface area is 228 Å². The van der Waals surface area contributed by atoms with Gasteiger partial charge in [0.05, 0.1) is 5.41 Å². The lowest BCUT2D eigenvalue weighted by Gasteiger charge is -2.33. The third-order valence-electron chi connectivity index (χ3n) is 7.86. The second-order valence-electron chi connectivity index (χ2n) is 9.91. The molecule has 1 aromatic heterocycles. The van der Waals surface area contributed by atoms with E-state index in [9.17, 15) is 5.26 Å². The molecule has 0 unspecified atom stereocenters. The van der Waals surface area contributed by atoms with Crippen LogP contribution in [-0.4, -0.2) is 4.98 Å². The molecule has 0 saturated heterocycles. The lowest BCUT2D eigenvalue weighted by Crippen LogP contribution is -2.28. The fourth-order valence-electron chi connectivity index (χ4n) is 6.18. The van der Waals surface area contributed by atoms with Gasteiger partial charge in [0, 0.05) is 6.20 Å². The Bertz CT molecular complexity index is 1820. The van der Waals surface area contributed by atoms with Crippen molar-refractivity contribution in [3.63, 3.8) is 0 Å². The van der Waals surface area contributed by atoms with Gasteiger partial charge in [-0.05, 0) is 79.9 Å². The highest BCUT2D eigenvalue weighted by Gasteiger charge is 2.45. The summed E-state index contributed by atoms with van der Waals surface area (Å²) < 4.78 is 0. The molecule has 0 atom stereocenters. The summed E-state index contributed by atoms with van der Waals surface area (Å²) in [4.78, 5) is 4.13. The summed E-state index contributed by atoms with van der Waals surface area (Å²) in [6, 6.07) is 51.9. The Morgan fingerprint density at radius 2 is 1.08 bits per heavy atom. The Morgan fingerprint density at radius 3 is 1.77 bits per heavy atom. The largest absolute Gasteiger partial charge is 0.246 e. The van der Waals surface area contributed by atoms with E-state index >= 15 is 0 Å². The monoisotopic (exact) mass is 496 g/mol. The Hall–Kier alpha value is -5.26. The van der Waals surface area contributed by atoms with Crippen LogP contribution in [0.5, 0.6) is 0 Å². The van der Waals surface area contributed by atoms with E-state index in [1.807, 2.05) is 12.1 Å². The number of benzene rings is 5. The van der Waals surface area contributed by atoms with E-state index in [-0.39, 0.29) is 5.41 Å². The van der Waals surface area contributed by atoms with Gasteiger partial charge in [-0.1, -0.05) is 115 Å². The van der Waals surface area contributed by atoms with Gasteiger partial charge in [0.15, 0.2) is 0 Å². The van der Waals surface area contributed by atoms with Crippen molar-refractivity contribution in [3.05, 3.63) is 174 Å². The second-order valence-corrected chi connectivity index (χ2v) is 9.91. The van der Waals surface area contributed by atoms with Crippen LogP contribution in [0.4, 0.5) is 0 Å². The van der Waals surface area contributed by atoms with Crippen LogP contribution < -0.4 is 0 Å². The number of rotatable bonds is 4. The molecule has 182 valence electrons. The molecule has 0 spiro atoms. The summed E-state index contributed by atoms with van der Waals surface area (Å²) in [6.45, 7) is 0. The molecule has 0 amide bonds. The zero-order valence-corrected chi connectivity index (χ0v) is 21.3. The van der Waals surface area contributed by atoms with Crippen molar-refractivity contribution in [3.8, 4) is 39.4 Å². The van der Waals surface area contributed by atoms with Crippen LogP contribution in [0.1, 0.15) is 27.9 Å². The van der Waals surface area contributed by atoms with Crippen molar-refractivity contribution in [2.75, 3.05) is 0 Å². The molecular weight excluding hydrogens is 472 g/mol. The molecular formula is C37H24N2. The molecule has 7 rings (SSSR count). The maximum atomic E-state index is 9.31. The zero-order chi connectivity index (χ0) is 26.2. The maximum Gasteiger partial charge on any atom is 0.141 e. The second kappa shape index (κ2) is 9.24. The lowest BCUT2D eigenvalue weighted by molar-refractivity contribution is 0.768. The molecule has 2 nitrogen and oxygen atoms in total. The van der Waals surface area contributed by atoms with Gasteiger partial charge in [0.2, 0.25) is 0 Å². The minimum Gasteiger partial charge on any atom is -0.246 e. The average Bonchev–Trinajstić information content (AvgIpc) is 3.32. The van der Waals surface area contributed by atoms with Crippen molar-refractivity contribution in [2.24, 2.45) is 0 Å². The van der Waals surface area contributed by atoms with Gasteiger partial charge in [-0.15, -0.1) is 0 Å². The number of fused-ring (bicyclic) bond motifs is 3. The van der Waals surface area contributed by atoms with E-state index in [2.05, 4.69) is 138 Å². The highest BCUT2D eigenvalue weighted by Crippen LogP contribution is 2.56. The van der Waals surface area contributed by atoms with Gasteiger partial charge >= 0.3 is 0 Å². The van der Waals surface area contributed by atoms with Crippen molar-refractivity contribution >= 4 is 0 Å². The van der Waals surface area contributed by atoms with Crippen molar-refractivity contribution in [1.82, 2.24) is 4.98 Å². The first-order chi connectivity index (χ1) is 19.3. The molecule has 6 aromatic rings. The summed E-state index contributed by atoms with van der Waals surface area (Å²) in [6.07, 6.45) is 1.69. The summed E-state index contributed by atoms with van der Waals surface area (Å²) in [5, 5.41) is 9.31. The molecule has 0 radical (unpaired) electrons. The summed E-state index contributed by atoms with van der Waals surface area (Å²) in [5.74, 6) is 0. The molecule has 39 heavy (non-hydrogen) atoms. The number of hydrogen-bond acceptors (Lipinski definition) is 2. The van der Waals surface area contributed by atoms with Crippen LogP contribution in [0, 0.1) is 11.3 Å². The Balaban J connectivity index is 1.44. The van der Waals surface area contributed by atoms with Gasteiger partial charge in [-0.3, -0.25) is 0 Å². The van der Waals surface area contributed by atoms with Crippen molar-refractivity contribution in [2.45, 2.75) is 5.41 Å². The van der Waals surface area contributed by atoms with Crippen LogP contribution in [0.3, 0.4) is 0 Å². The predicted octanol–water partition coefficient (Wildman–Crippen LogP) is 8.65. The first-order valence-electron chi connectivity index (χ1n) is 13.1.